The van der Waals surface area contributed by atoms with Gasteiger partial charge < -0.3 is 5.73 Å². The van der Waals surface area contributed by atoms with E-state index in [0.29, 0.717) is 0 Å². The average Bonchev–Trinajstić information content (AvgIpc) is 3.01. The van der Waals surface area contributed by atoms with Crippen LogP contribution in [0.1, 0.15) is 52.4 Å². The van der Waals surface area contributed by atoms with Crippen LogP contribution in [0.15, 0.2) is 0 Å². The summed E-state index contributed by atoms with van der Waals surface area (Å²) in [6, 6.07) is 0. The molecule has 0 aromatic carbocycles. The minimum Gasteiger partial charge on any atom is -0.329 e. The number of nitrogens with two attached hydrogens (primary N) is 1. The van der Waals surface area contributed by atoms with Crippen LogP contribution < -0.4 is 5.73 Å². The first-order valence-corrected chi connectivity index (χ1v) is 6.59. The topological polar surface area (TPSA) is 29.3 Å². The van der Waals surface area contributed by atoms with Gasteiger partial charge in [-0.3, -0.25) is 4.90 Å². The van der Waals surface area contributed by atoms with Crippen LogP contribution in [0.5, 0.6) is 0 Å². The summed E-state index contributed by atoms with van der Waals surface area (Å²) in [5.74, 6) is 0.967. The Morgan fingerprint density at radius 3 is 2.07 bits per heavy atom. The fourth-order valence-corrected chi connectivity index (χ4v) is 2.68. The molecule has 0 saturated heterocycles. The van der Waals surface area contributed by atoms with Crippen molar-refractivity contribution in [3.8, 4) is 0 Å². The Morgan fingerprint density at radius 2 is 1.73 bits per heavy atom. The molecule has 2 heteroatoms. The van der Waals surface area contributed by atoms with Gasteiger partial charge in [0.2, 0.25) is 0 Å². The first-order chi connectivity index (χ1) is 7.18. The lowest BCUT2D eigenvalue weighted by Crippen LogP contribution is -2.52. The Bertz CT molecular complexity index is 169. The van der Waals surface area contributed by atoms with Gasteiger partial charge >= 0.3 is 0 Å². The van der Waals surface area contributed by atoms with Gasteiger partial charge in [0.1, 0.15) is 0 Å². The Morgan fingerprint density at radius 1 is 1.20 bits per heavy atom. The van der Waals surface area contributed by atoms with E-state index >= 15 is 0 Å². The SMILES string of the molecule is CCCC(CN)(CCC)N(C)CC1CC1. The minimum atomic E-state index is 0.284. The summed E-state index contributed by atoms with van der Waals surface area (Å²) >= 11 is 0. The van der Waals surface area contributed by atoms with Crippen molar-refractivity contribution in [2.24, 2.45) is 11.7 Å². The molecule has 0 atom stereocenters. The monoisotopic (exact) mass is 212 g/mol. The van der Waals surface area contributed by atoms with Gasteiger partial charge in [-0.2, -0.15) is 0 Å². The molecule has 1 fully saturated rings. The predicted molar refractivity (Wildman–Crippen MR) is 67.0 cm³/mol. The number of likely N-dealkylation sites (N-methyl/N-ethyl adjacent to an activating group) is 1. The van der Waals surface area contributed by atoms with Gasteiger partial charge in [-0.05, 0) is 38.6 Å². The predicted octanol–water partition coefficient (Wildman–Crippen LogP) is 2.63. The quantitative estimate of drug-likeness (QED) is 0.670. The van der Waals surface area contributed by atoms with Gasteiger partial charge in [-0.25, -0.2) is 0 Å². The van der Waals surface area contributed by atoms with Crippen molar-refractivity contribution >= 4 is 0 Å². The fourth-order valence-electron chi connectivity index (χ4n) is 2.68. The molecule has 0 amide bonds. The second-order valence-electron chi connectivity index (χ2n) is 5.25. The normalized spacial score (nSPS) is 17.4. The maximum Gasteiger partial charge on any atom is 0.0328 e. The molecule has 15 heavy (non-hydrogen) atoms. The van der Waals surface area contributed by atoms with Crippen LogP contribution in [0.2, 0.25) is 0 Å². The molecule has 0 aromatic heterocycles. The second kappa shape index (κ2) is 5.86. The fraction of sp³-hybridized carbons (Fsp3) is 1.00. The lowest BCUT2D eigenvalue weighted by atomic mass is 9.87. The maximum atomic E-state index is 6.04. The average molecular weight is 212 g/mol. The molecule has 1 aliphatic rings. The van der Waals surface area contributed by atoms with Gasteiger partial charge in [-0.15, -0.1) is 0 Å². The van der Waals surface area contributed by atoms with E-state index in [1.54, 1.807) is 0 Å². The van der Waals surface area contributed by atoms with E-state index in [4.69, 9.17) is 5.73 Å². The zero-order chi connectivity index (χ0) is 11.3. The molecule has 1 rings (SSSR count). The van der Waals surface area contributed by atoms with Crippen molar-refractivity contribution < 1.29 is 0 Å². The first-order valence-electron chi connectivity index (χ1n) is 6.59. The molecule has 0 spiro atoms. The van der Waals surface area contributed by atoms with Crippen molar-refractivity contribution in [2.45, 2.75) is 57.9 Å². The molecule has 90 valence electrons. The van der Waals surface area contributed by atoms with Crippen molar-refractivity contribution in [2.75, 3.05) is 20.1 Å². The Kier molecular flexibility index (Phi) is 5.07. The van der Waals surface area contributed by atoms with E-state index in [-0.39, 0.29) is 5.54 Å². The Hall–Kier alpha value is -0.0800. The van der Waals surface area contributed by atoms with Gasteiger partial charge in [0.25, 0.3) is 0 Å². The van der Waals surface area contributed by atoms with Crippen LogP contribution in [-0.2, 0) is 0 Å². The summed E-state index contributed by atoms with van der Waals surface area (Å²) in [5, 5.41) is 0. The molecular weight excluding hydrogens is 184 g/mol. The summed E-state index contributed by atoms with van der Waals surface area (Å²) in [4.78, 5) is 2.55. The third kappa shape index (κ3) is 3.46. The van der Waals surface area contributed by atoms with E-state index in [1.807, 2.05) is 0 Å². The molecule has 0 aromatic rings. The van der Waals surface area contributed by atoms with Crippen LogP contribution in [0.4, 0.5) is 0 Å². The summed E-state index contributed by atoms with van der Waals surface area (Å²) in [5.41, 5.74) is 6.32. The lowest BCUT2D eigenvalue weighted by molar-refractivity contribution is 0.0979. The van der Waals surface area contributed by atoms with Gasteiger partial charge in [0.05, 0.1) is 0 Å². The summed E-state index contributed by atoms with van der Waals surface area (Å²) in [6.07, 6.45) is 7.85. The highest BCUT2D eigenvalue weighted by Crippen LogP contribution is 2.33. The summed E-state index contributed by atoms with van der Waals surface area (Å²) in [7, 11) is 2.27. The van der Waals surface area contributed by atoms with Crippen molar-refractivity contribution in [1.29, 1.82) is 0 Å². The molecule has 1 saturated carbocycles. The smallest absolute Gasteiger partial charge is 0.0328 e. The van der Waals surface area contributed by atoms with Crippen molar-refractivity contribution in [3.63, 3.8) is 0 Å². The highest BCUT2D eigenvalue weighted by molar-refractivity contribution is 4.92. The molecule has 0 bridgehead atoms. The van der Waals surface area contributed by atoms with E-state index in [1.165, 1.54) is 45.1 Å². The van der Waals surface area contributed by atoms with E-state index < -0.39 is 0 Å². The van der Waals surface area contributed by atoms with Crippen LogP contribution >= 0.6 is 0 Å². The molecule has 2 N–H and O–H groups in total. The molecule has 0 unspecified atom stereocenters. The molecule has 1 aliphatic carbocycles. The zero-order valence-electron chi connectivity index (χ0n) is 10.8. The van der Waals surface area contributed by atoms with Crippen molar-refractivity contribution in [1.82, 2.24) is 4.90 Å². The highest BCUT2D eigenvalue weighted by Gasteiger charge is 2.34. The van der Waals surface area contributed by atoms with Crippen molar-refractivity contribution in [3.05, 3.63) is 0 Å². The van der Waals surface area contributed by atoms with Crippen LogP contribution in [0.25, 0.3) is 0 Å². The van der Waals surface area contributed by atoms with Crippen LogP contribution in [0, 0.1) is 5.92 Å². The third-order valence-corrected chi connectivity index (χ3v) is 3.85. The lowest BCUT2D eigenvalue weighted by Gasteiger charge is -2.41. The van der Waals surface area contributed by atoms with E-state index in [0.717, 1.165) is 12.5 Å². The molecule has 2 nitrogen and oxygen atoms in total. The van der Waals surface area contributed by atoms with Crippen LogP contribution in [0.3, 0.4) is 0 Å². The van der Waals surface area contributed by atoms with Gasteiger partial charge in [0, 0.05) is 18.6 Å². The zero-order valence-corrected chi connectivity index (χ0v) is 10.8. The first kappa shape index (κ1) is 13.0. The standard InChI is InChI=1S/C13H28N2/c1-4-8-13(11-14,9-5-2)15(3)10-12-6-7-12/h12H,4-11,14H2,1-3H3. The number of nitrogens with zero attached hydrogens (tertiary/aromatic N) is 1. The summed E-state index contributed by atoms with van der Waals surface area (Å²) < 4.78 is 0. The highest BCUT2D eigenvalue weighted by atomic mass is 15.2. The largest absolute Gasteiger partial charge is 0.329 e. The van der Waals surface area contributed by atoms with E-state index in [2.05, 4.69) is 25.8 Å². The Labute approximate surface area is 95.2 Å². The van der Waals surface area contributed by atoms with E-state index in [9.17, 15) is 0 Å². The minimum absolute atomic E-state index is 0.284. The maximum absolute atomic E-state index is 6.04. The van der Waals surface area contributed by atoms with Gasteiger partial charge in [-0.1, -0.05) is 26.7 Å². The molecule has 0 radical (unpaired) electrons. The molecular formula is C13H28N2. The van der Waals surface area contributed by atoms with Crippen LogP contribution in [-0.4, -0.2) is 30.6 Å². The third-order valence-electron chi connectivity index (χ3n) is 3.85. The number of hydrogen-bond acceptors (Lipinski definition) is 2. The number of hydrogen-bond donors (Lipinski definition) is 1. The molecule has 0 aliphatic heterocycles. The van der Waals surface area contributed by atoms with Gasteiger partial charge in [0.15, 0.2) is 0 Å². The number of rotatable bonds is 8. The Balaban J connectivity index is 2.56. The molecule has 0 heterocycles. The second-order valence-corrected chi connectivity index (χ2v) is 5.25. The summed E-state index contributed by atoms with van der Waals surface area (Å²) in [6.45, 7) is 6.62.